The summed E-state index contributed by atoms with van der Waals surface area (Å²) in [7, 11) is 0. The van der Waals surface area contributed by atoms with Gasteiger partial charge < -0.3 is 4.74 Å². The van der Waals surface area contributed by atoms with Crippen molar-refractivity contribution in [1.82, 2.24) is 0 Å². The van der Waals surface area contributed by atoms with Crippen molar-refractivity contribution < 1.29 is 9.53 Å². The van der Waals surface area contributed by atoms with E-state index in [4.69, 9.17) is 4.74 Å². The molecule has 0 saturated carbocycles. The highest BCUT2D eigenvalue weighted by atomic mass is 16.5. The highest BCUT2D eigenvalue weighted by molar-refractivity contribution is 6.24. The number of esters is 1. The van der Waals surface area contributed by atoms with Crippen LogP contribution in [-0.2, 0) is 9.53 Å². The Morgan fingerprint density at radius 3 is 1.90 bits per heavy atom. The summed E-state index contributed by atoms with van der Waals surface area (Å²) in [5.41, 5.74) is 3.46. The highest BCUT2D eigenvalue weighted by Crippen LogP contribution is 2.27. The van der Waals surface area contributed by atoms with Gasteiger partial charge in [-0.05, 0) is 30.5 Å². The molecule has 0 N–H and O–H groups in total. The van der Waals surface area contributed by atoms with Gasteiger partial charge in [0.2, 0.25) is 0 Å². The zero-order chi connectivity index (χ0) is 14.4. The second-order valence-corrected chi connectivity index (χ2v) is 4.45. The van der Waals surface area contributed by atoms with Crippen LogP contribution >= 0.6 is 0 Å². The van der Waals surface area contributed by atoms with Gasteiger partial charge in [0.25, 0.3) is 0 Å². The molecule has 0 aromatic heterocycles. The number of rotatable bonds is 4. The average molecular weight is 266 g/mol. The SMILES string of the molecule is CCOC(=O)/C(=C(\C)c1ccccc1)c1ccccc1. The fraction of sp³-hybridized carbons (Fsp3) is 0.167. The molecular weight excluding hydrogens is 248 g/mol. The Balaban J connectivity index is 2.54. The van der Waals surface area contributed by atoms with Crippen molar-refractivity contribution >= 4 is 17.1 Å². The lowest BCUT2D eigenvalue weighted by Gasteiger charge is -2.12. The van der Waals surface area contributed by atoms with E-state index in [1.54, 1.807) is 0 Å². The molecule has 0 aliphatic heterocycles. The molecule has 0 saturated heterocycles. The van der Waals surface area contributed by atoms with Crippen LogP contribution in [0.2, 0.25) is 0 Å². The fourth-order valence-corrected chi connectivity index (χ4v) is 2.13. The van der Waals surface area contributed by atoms with Crippen LogP contribution in [0.25, 0.3) is 11.1 Å². The quantitative estimate of drug-likeness (QED) is 0.471. The number of carbonyl (C=O) groups is 1. The Morgan fingerprint density at radius 2 is 1.40 bits per heavy atom. The molecule has 0 aliphatic carbocycles. The van der Waals surface area contributed by atoms with E-state index in [-0.39, 0.29) is 5.97 Å². The highest BCUT2D eigenvalue weighted by Gasteiger charge is 2.17. The van der Waals surface area contributed by atoms with Gasteiger partial charge in [-0.15, -0.1) is 0 Å². The topological polar surface area (TPSA) is 26.3 Å². The minimum atomic E-state index is -0.278. The molecule has 2 aromatic rings. The Kier molecular flexibility index (Phi) is 4.72. The lowest BCUT2D eigenvalue weighted by molar-refractivity contribution is -0.136. The van der Waals surface area contributed by atoms with Crippen molar-refractivity contribution in [2.24, 2.45) is 0 Å². The first-order chi connectivity index (χ1) is 9.74. The first-order valence-corrected chi connectivity index (χ1v) is 6.73. The van der Waals surface area contributed by atoms with E-state index in [9.17, 15) is 4.79 Å². The van der Waals surface area contributed by atoms with Gasteiger partial charge in [-0.1, -0.05) is 60.7 Å². The summed E-state index contributed by atoms with van der Waals surface area (Å²) in [4.78, 5) is 12.3. The monoisotopic (exact) mass is 266 g/mol. The third kappa shape index (κ3) is 3.15. The fourth-order valence-electron chi connectivity index (χ4n) is 2.13. The lowest BCUT2D eigenvalue weighted by Crippen LogP contribution is -2.08. The molecule has 20 heavy (non-hydrogen) atoms. The molecule has 2 heteroatoms. The number of carbonyl (C=O) groups excluding carboxylic acids is 1. The van der Waals surface area contributed by atoms with E-state index in [1.165, 1.54) is 0 Å². The van der Waals surface area contributed by atoms with Crippen molar-refractivity contribution in [3.05, 3.63) is 71.8 Å². The molecule has 2 rings (SSSR count). The summed E-state index contributed by atoms with van der Waals surface area (Å²) < 4.78 is 5.20. The lowest BCUT2D eigenvalue weighted by atomic mass is 9.96. The van der Waals surface area contributed by atoms with Crippen LogP contribution in [0.1, 0.15) is 25.0 Å². The van der Waals surface area contributed by atoms with Gasteiger partial charge in [-0.2, -0.15) is 0 Å². The van der Waals surface area contributed by atoms with Gasteiger partial charge >= 0.3 is 5.97 Å². The molecule has 0 amide bonds. The van der Waals surface area contributed by atoms with Crippen molar-refractivity contribution in [2.45, 2.75) is 13.8 Å². The van der Waals surface area contributed by atoms with E-state index >= 15 is 0 Å². The molecule has 0 fully saturated rings. The molecule has 0 bridgehead atoms. The third-order valence-corrected chi connectivity index (χ3v) is 3.12. The molecular formula is C18H18O2. The second kappa shape index (κ2) is 6.71. The van der Waals surface area contributed by atoms with Crippen LogP contribution in [0.3, 0.4) is 0 Å². The summed E-state index contributed by atoms with van der Waals surface area (Å²) >= 11 is 0. The molecule has 2 nitrogen and oxygen atoms in total. The predicted molar refractivity (Wildman–Crippen MR) is 82.0 cm³/mol. The zero-order valence-corrected chi connectivity index (χ0v) is 11.8. The minimum absolute atomic E-state index is 0.278. The largest absolute Gasteiger partial charge is 0.462 e. The summed E-state index contributed by atoms with van der Waals surface area (Å²) in [5.74, 6) is -0.278. The second-order valence-electron chi connectivity index (χ2n) is 4.45. The van der Waals surface area contributed by atoms with Gasteiger partial charge in [0.05, 0.1) is 12.2 Å². The van der Waals surface area contributed by atoms with E-state index in [2.05, 4.69) is 0 Å². The first-order valence-electron chi connectivity index (χ1n) is 6.73. The maximum absolute atomic E-state index is 12.3. The first kappa shape index (κ1) is 14.1. The van der Waals surface area contributed by atoms with Crippen LogP contribution in [0.4, 0.5) is 0 Å². The normalized spacial score (nSPS) is 11.7. The Labute approximate surface area is 119 Å². The Morgan fingerprint density at radius 1 is 0.900 bits per heavy atom. The number of hydrogen-bond donors (Lipinski definition) is 0. The minimum Gasteiger partial charge on any atom is -0.462 e. The molecule has 0 atom stereocenters. The van der Waals surface area contributed by atoms with Crippen LogP contribution < -0.4 is 0 Å². The summed E-state index contributed by atoms with van der Waals surface area (Å²) in [6.45, 7) is 4.14. The third-order valence-electron chi connectivity index (χ3n) is 3.12. The Hall–Kier alpha value is -2.35. The van der Waals surface area contributed by atoms with E-state index < -0.39 is 0 Å². The van der Waals surface area contributed by atoms with Crippen molar-refractivity contribution in [2.75, 3.05) is 6.61 Å². The van der Waals surface area contributed by atoms with Crippen LogP contribution in [0.5, 0.6) is 0 Å². The molecule has 0 spiro atoms. The molecule has 2 aromatic carbocycles. The predicted octanol–water partition coefficient (Wildman–Crippen LogP) is 4.18. The molecule has 0 unspecified atom stereocenters. The summed E-state index contributed by atoms with van der Waals surface area (Å²) in [6, 6.07) is 19.5. The summed E-state index contributed by atoms with van der Waals surface area (Å²) in [5, 5.41) is 0. The van der Waals surface area contributed by atoms with Crippen molar-refractivity contribution in [3.63, 3.8) is 0 Å². The van der Waals surface area contributed by atoms with E-state index in [1.807, 2.05) is 74.5 Å². The molecule has 0 heterocycles. The smallest absolute Gasteiger partial charge is 0.339 e. The number of allylic oxidation sites excluding steroid dienone is 1. The maximum Gasteiger partial charge on any atom is 0.339 e. The molecule has 0 aliphatic rings. The summed E-state index contributed by atoms with van der Waals surface area (Å²) in [6.07, 6.45) is 0. The van der Waals surface area contributed by atoms with Gasteiger partial charge in [-0.25, -0.2) is 4.79 Å². The van der Waals surface area contributed by atoms with Gasteiger partial charge in [0, 0.05) is 0 Å². The van der Waals surface area contributed by atoms with Crippen molar-refractivity contribution in [1.29, 1.82) is 0 Å². The van der Waals surface area contributed by atoms with E-state index in [0.29, 0.717) is 12.2 Å². The van der Waals surface area contributed by atoms with E-state index in [0.717, 1.165) is 16.7 Å². The zero-order valence-electron chi connectivity index (χ0n) is 11.8. The number of benzene rings is 2. The van der Waals surface area contributed by atoms with Crippen LogP contribution in [-0.4, -0.2) is 12.6 Å². The van der Waals surface area contributed by atoms with Crippen LogP contribution in [0.15, 0.2) is 60.7 Å². The molecule has 102 valence electrons. The maximum atomic E-state index is 12.3. The average Bonchev–Trinajstić information content (AvgIpc) is 2.50. The van der Waals surface area contributed by atoms with Crippen LogP contribution in [0, 0.1) is 0 Å². The Bertz CT molecular complexity index is 598. The molecule has 0 radical (unpaired) electrons. The number of ether oxygens (including phenoxy) is 1. The number of hydrogen-bond acceptors (Lipinski definition) is 2. The van der Waals surface area contributed by atoms with Crippen molar-refractivity contribution in [3.8, 4) is 0 Å². The van der Waals surface area contributed by atoms with Gasteiger partial charge in [0.15, 0.2) is 0 Å². The van der Waals surface area contributed by atoms with Gasteiger partial charge in [0.1, 0.15) is 0 Å². The van der Waals surface area contributed by atoms with Gasteiger partial charge in [-0.3, -0.25) is 0 Å². The standard InChI is InChI=1S/C18H18O2/c1-3-20-18(19)17(16-12-8-5-9-13-16)14(2)15-10-6-4-7-11-15/h4-13H,3H2,1-2H3/b17-14+.